The van der Waals surface area contributed by atoms with Gasteiger partial charge in [0, 0.05) is 42.3 Å². The number of hydrogen-bond acceptors (Lipinski definition) is 3. The number of nitrogens with one attached hydrogen (secondary N) is 1. The molecule has 22 heavy (non-hydrogen) atoms. The van der Waals surface area contributed by atoms with E-state index in [4.69, 9.17) is 0 Å². The van der Waals surface area contributed by atoms with E-state index in [1.807, 2.05) is 6.92 Å². The zero-order valence-electron chi connectivity index (χ0n) is 12.1. The molecular weight excluding hydrogens is 385 g/mol. The summed E-state index contributed by atoms with van der Waals surface area (Å²) in [5, 5.41) is 3.25. The number of halogens is 5. The summed E-state index contributed by atoms with van der Waals surface area (Å²) in [6.07, 6.45) is -3.95. The smallest absolute Gasteiger partial charge is 0.405 e. The van der Waals surface area contributed by atoms with Crippen LogP contribution in [-0.2, 0) is 0 Å². The van der Waals surface area contributed by atoms with Crippen LogP contribution in [0.2, 0.25) is 0 Å². The number of alkyl halides is 3. The topological polar surface area (TPSA) is 24.5 Å². The summed E-state index contributed by atoms with van der Waals surface area (Å²) in [5.41, 5.74) is 0.575. The average molecular weight is 404 g/mol. The van der Waals surface area contributed by atoms with Crippen molar-refractivity contribution >= 4 is 28.3 Å². The number of hydrogen-bond donors (Lipinski definition) is 1. The van der Waals surface area contributed by atoms with Crippen LogP contribution in [0.1, 0.15) is 24.9 Å². The highest BCUT2D eigenvalue weighted by molar-refractivity contribution is 9.10. The minimum atomic E-state index is -4.68. The molecule has 1 N–H and O–H groups in total. The van der Waals surface area contributed by atoms with Gasteiger partial charge in [0.15, 0.2) is 0 Å². The zero-order chi connectivity index (χ0) is 15.5. The Morgan fingerprint density at radius 2 is 1.95 bits per heavy atom. The van der Waals surface area contributed by atoms with Crippen LogP contribution in [-0.4, -0.2) is 37.4 Å². The zero-order valence-corrected chi connectivity index (χ0v) is 14.5. The van der Waals surface area contributed by atoms with Gasteiger partial charge in [-0.25, -0.2) is 0 Å². The third-order valence-corrected chi connectivity index (χ3v) is 4.03. The summed E-state index contributed by atoms with van der Waals surface area (Å²) in [7, 11) is 0. The van der Waals surface area contributed by atoms with Crippen molar-refractivity contribution in [2.45, 2.75) is 25.7 Å². The molecule has 0 aromatic heterocycles. The van der Waals surface area contributed by atoms with Crippen LogP contribution in [0.25, 0.3) is 0 Å². The van der Waals surface area contributed by atoms with Gasteiger partial charge in [-0.2, -0.15) is 0 Å². The molecule has 1 saturated heterocycles. The van der Waals surface area contributed by atoms with E-state index in [0.29, 0.717) is 5.56 Å². The van der Waals surface area contributed by atoms with Crippen LogP contribution >= 0.6 is 28.3 Å². The predicted octanol–water partition coefficient (Wildman–Crippen LogP) is 4.13. The first-order chi connectivity index (χ1) is 9.90. The molecule has 8 heteroatoms. The third kappa shape index (κ3) is 5.30. The minimum absolute atomic E-state index is 0. The fraction of sp³-hybridized carbons (Fsp3) is 0.571. The summed E-state index contributed by atoms with van der Waals surface area (Å²) in [5.74, 6) is -0.115. The first-order valence-corrected chi connectivity index (χ1v) is 7.70. The van der Waals surface area contributed by atoms with Gasteiger partial charge in [0.25, 0.3) is 0 Å². The fourth-order valence-electron chi connectivity index (χ4n) is 2.67. The van der Waals surface area contributed by atoms with E-state index in [1.165, 1.54) is 6.07 Å². The molecule has 1 fully saturated rings. The van der Waals surface area contributed by atoms with Gasteiger partial charge in [0.05, 0.1) is 0 Å². The van der Waals surface area contributed by atoms with Crippen molar-refractivity contribution in [3.63, 3.8) is 0 Å². The Labute approximate surface area is 142 Å². The fourth-order valence-corrected chi connectivity index (χ4v) is 3.04. The largest absolute Gasteiger partial charge is 0.573 e. The lowest BCUT2D eigenvalue weighted by Gasteiger charge is -2.35. The molecule has 1 aromatic carbocycles. The quantitative estimate of drug-likeness (QED) is 0.818. The summed E-state index contributed by atoms with van der Waals surface area (Å²) < 4.78 is 42.7. The third-order valence-electron chi connectivity index (χ3n) is 3.54. The first kappa shape index (κ1) is 19.5. The highest BCUT2D eigenvalue weighted by atomic mass is 79.9. The molecule has 1 atom stereocenters. The minimum Gasteiger partial charge on any atom is -0.405 e. The molecule has 0 unspecified atom stereocenters. The molecule has 0 saturated carbocycles. The van der Waals surface area contributed by atoms with E-state index in [9.17, 15) is 13.2 Å². The molecule has 3 nitrogen and oxygen atoms in total. The van der Waals surface area contributed by atoms with Crippen molar-refractivity contribution in [1.82, 2.24) is 10.2 Å². The number of rotatable bonds is 4. The van der Waals surface area contributed by atoms with Crippen LogP contribution < -0.4 is 10.1 Å². The summed E-state index contributed by atoms with van der Waals surface area (Å²) in [6.45, 7) is 5.30. The van der Waals surface area contributed by atoms with Gasteiger partial charge in [-0.1, -0.05) is 22.9 Å². The lowest BCUT2D eigenvalue weighted by atomic mass is 10.0. The van der Waals surface area contributed by atoms with Crippen molar-refractivity contribution in [2.75, 3.05) is 26.2 Å². The first-order valence-electron chi connectivity index (χ1n) is 6.90. The Balaban J connectivity index is 0.00000242. The Morgan fingerprint density at radius 3 is 2.50 bits per heavy atom. The SMILES string of the molecule is CC[C@@H](c1cc(Br)ccc1OC(F)(F)F)N1CCNCC1.Cl. The van der Waals surface area contributed by atoms with E-state index >= 15 is 0 Å². The Kier molecular flexibility index (Phi) is 7.45. The van der Waals surface area contributed by atoms with E-state index < -0.39 is 6.36 Å². The maximum absolute atomic E-state index is 12.6. The van der Waals surface area contributed by atoms with Gasteiger partial charge in [-0.05, 0) is 24.6 Å². The van der Waals surface area contributed by atoms with Crippen LogP contribution in [0, 0.1) is 0 Å². The van der Waals surface area contributed by atoms with E-state index in [1.54, 1.807) is 12.1 Å². The van der Waals surface area contributed by atoms with Gasteiger partial charge >= 0.3 is 6.36 Å². The van der Waals surface area contributed by atoms with E-state index in [-0.39, 0.29) is 24.2 Å². The van der Waals surface area contributed by atoms with Crippen LogP contribution in [0.3, 0.4) is 0 Å². The second-order valence-electron chi connectivity index (χ2n) is 4.94. The lowest BCUT2D eigenvalue weighted by Crippen LogP contribution is -2.45. The van der Waals surface area contributed by atoms with Crippen molar-refractivity contribution in [1.29, 1.82) is 0 Å². The number of ether oxygens (including phenoxy) is 1. The molecule has 0 radical (unpaired) electrons. The molecule has 1 aromatic rings. The molecular formula is C14H19BrClF3N2O. The summed E-state index contributed by atoms with van der Waals surface area (Å²) in [4.78, 5) is 2.20. The number of nitrogens with zero attached hydrogens (tertiary/aromatic N) is 1. The Hall–Kier alpha value is -0.500. The molecule has 2 rings (SSSR count). The molecule has 0 amide bonds. The maximum Gasteiger partial charge on any atom is 0.573 e. The maximum atomic E-state index is 12.6. The average Bonchev–Trinajstić information content (AvgIpc) is 2.42. The number of benzene rings is 1. The molecule has 126 valence electrons. The number of piperazine rings is 1. The van der Waals surface area contributed by atoms with Gasteiger partial charge in [0.2, 0.25) is 0 Å². The Bertz CT molecular complexity index is 482. The normalized spacial score (nSPS) is 17.7. The summed E-state index contributed by atoms with van der Waals surface area (Å²) >= 11 is 3.33. The molecule has 1 aliphatic heterocycles. The van der Waals surface area contributed by atoms with Crippen molar-refractivity contribution in [3.8, 4) is 5.75 Å². The van der Waals surface area contributed by atoms with Gasteiger partial charge < -0.3 is 10.1 Å². The van der Waals surface area contributed by atoms with Gasteiger partial charge in [-0.15, -0.1) is 25.6 Å². The van der Waals surface area contributed by atoms with Crippen molar-refractivity contribution < 1.29 is 17.9 Å². The van der Waals surface area contributed by atoms with E-state index in [0.717, 1.165) is 37.1 Å². The molecule has 0 aliphatic carbocycles. The molecule has 1 heterocycles. The lowest BCUT2D eigenvalue weighted by molar-refractivity contribution is -0.275. The van der Waals surface area contributed by atoms with Crippen LogP contribution in [0.4, 0.5) is 13.2 Å². The molecule has 0 bridgehead atoms. The molecule has 0 spiro atoms. The van der Waals surface area contributed by atoms with Crippen LogP contribution in [0.5, 0.6) is 5.75 Å². The predicted molar refractivity (Wildman–Crippen MR) is 85.5 cm³/mol. The highest BCUT2D eigenvalue weighted by Gasteiger charge is 2.34. The standard InChI is InChI=1S/C14H18BrF3N2O.ClH/c1-2-12(20-7-5-19-6-8-20)11-9-10(15)3-4-13(11)21-14(16,17)18;/h3-4,9,12,19H,2,5-8H2,1H3;1H/t12-;/m0./s1. The second kappa shape index (κ2) is 8.38. The highest BCUT2D eigenvalue weighted by Crippen LogP contribution is 2.36. The van der Waals surface area contributed by atoms with Gasteiger partial charge in [0.1, 0.15) is 5.75 Å². The van der Waals surface area contributed by atoms with Crippen molar-refractivity contribution in [3.05, 3.63) is 28.2 Å². The Morgan fingerprint density at radius 1 is 1.32 bits per heavy atom. The molecule has 1 aliphatic rings. The van der Waals surface area contributed by atoms with Crippen molar-refractivity contribution in [2.24, 2.45) is 0 Å². The van der Waals surface area contributed by atoms with Crippen LogP contribution in [0.15, 0.2) is 22.7 Å². The summed E-state index contributed by atoms with van der Waals surface area (Å²) in [6, 6.07) is 4.58. The second-order valence-corrected chi connectivity index (χ2v) is 5.86. The van der Waals surface area contributed by atoms with E-state index in [2.05, 4.69) is 30.9 Å². The van der Waals surface area contributed by atoms with Gasteiger partial charge in [-0.3, -0.25) is 4.90 Å². The monoisotopic (exact) mass is 402 g/mol.